The third-order valence-electron chi connectivity index (χ3n) is 5.05. The second kappa shape index (κ2) is 12.4. The molecule has 0 radical (unpaired) electrons. The number of hydrogen-bond acceptors (Lipinski definition) is 4. The number of carbonyl (C=O) groups is 2. The summed E-state index contributed by atoms with van der Waals surface area (Å²) in [4.78, 5) is 27.1. The van der Waals surface area contributed by atoms with Gasteiger partial charge in [0.25, 0.3) is 0 Å². The molecular weight excluding hydrogens is 530 g/mol. The molecular formula is C23H29BrClN3O4S. The van der Waals surface area contributed by atoms with E-state index in [0.717, 1.165) is 16.3 Å². The number of sulfonamides is 1. The number of hydrogen-bond donors (Lipinski definition) is 1. The van der Waals surface area contributed by atoms with E-state index in [1.165, 1.54) is 9.21 Å². The van der Waals surface area contributed by atoms with Crippen molar-refractivity contribution in [1.29, 1.82) is 0 Å². The molecule has 2 amide bonds. The third-order valence-corrected chi connectivity index (χ3v) is 7.03. The van der Waals surface area contributed by atoms with Crippen LogP contribution in [0.25, 0.3) is 0 Å². The minimum Gasteiger partial charge on any atom is -0.355 e. The van der Waals surface area contributed by atoms with Crippen LogP contribution in [0.3, 0.4) is 0 Å². The number of nitrogens with one attached hydrogen (secondary N) is 1. The van der Waals surface area contributed by atoms with Crippen LogP contribution in [0.2, 0.25) is 5.02 Å². The monoisotopic (exact) mass is 557 g/mol. The molecule has 1 N–H and O–H groups in total. The first-order valence-electron chi connectivity index (χ1n) is 10.6. The van der Waals surface area contributed by atoms with Gasteiger partial charge in [0.15, 0.2) is 0 Å². The van der Waals surface area contributed by atoms with Crippen molar-refractivity contribution < 1.29 is 18.0 Å². The van der Waals surface area contributed by atoms with Crippen LogP contribution in [-0.4, -0.2) is 50.5 Å². The second-order valence-corrected chi connectivity index (χ2v) is 10.9. The van der Waals surface area contributed by atoms with Crippen molar-refractivity contribution in [1.82, 2.24) is 10.2 Å². The van der Waals surface area contributed by atoms with Gasteiger partial charge in [0.2, 0.25) is 21.8 Å². The Labute approximate surface area is 209 Å². The lowest BCUT2D eigenvalue weighted by Gasteiger charge is -2.29. The quantitative estimate of drug-likeness (QED) is 0.448. The predicted molar refractivity (Wildman–Crippen MR) is 136 cm³/mol. The number of halogens is 2. The van der Waals surface area contributed by atoms with E-state index >= 15 is 0 Å². The molecule has 2 rings (SSSR count). The molecule has 10 heteroatoms. The van der Waals surface area contributed by atoms with Crippen LogP contribution in [0.4, 0.5) is 5.69 Å². The van der Waals surface area contributed by atoms with E-state index in [-0.39, 0.29) is 31.3 Å². The third kappa shape index (κ3) is 8.32. The lowest BCUT2D eigenvalue weighted by molar-refractivity contribution is -0.140. The van der Waals surface area contributed by atoms with Gasteiger partial charge in [-0.05, 0) is 62.2 Å². The number of anilines is 1. The van der Waals surface area contributed by atoms with Crippen LogP contribution in [0, 0.1) is 0 Å². The van der Waals surface area contributed by atoms with Gasteiger partial charge in [-0.3, -0.25) is 13.9 Å². The molecule has 0 saturated heterocycles. The Morgan fingerprint density at radius 1 is 1.09 bits per heavy atom. The molecule has 0 saturated carbocycles. The Kier molecular flexibility index (Phi) is 10.2. The summed E-state index contributed by atoms with van der Waals surface area (Å²) < 4.78 is 26.8. The molecule has 7 nitrogen and oxygen atoms in total. The van der Waals surface area contributed by atoms with Gasteiger partial charge in [-0.2, -0.15) is 0 Å². The van der Waals surface area contributed by atoms with Gasteiger partial charge >= 0.3 is 0 Å². The van der Waals surface area contributed by atoms with Gasteiger partial charge in [0.1, 0.15) is 6.04 Å². The summed E-state index contributed by atoms with van der Waals surface area (Å²) in [7, 11) is -3.54. The van der Waals surface area contributed by atoms with E-state index in [1.807, 2.05) is 31.2 Å². The molecule has 0 heterocycles. The van der Waals surface area contributed by atoms with Crippen molar-refractivity contribution in [3.63, 3.8) is 0 Å². The van der Waals surface area contributed by atoms with Crippen LogP contribution < -0.4 is 9.62 Å². The Hall–Kier alpha value is -2.10. The summed E-state index contributed by atoms with van der Waals surface area (Å²) in [5, 5.41) is 3.26. The van der Waals surface area contributed by atoms with Crippen LogP contribution in [0.15, 0.2) is 53.0 Å². The van der Waals surface area contributed by atoms with E-state index in [4.69, 9.17) is 11.6 Å². The maximum absolute atomic E-state index is 13.1. The minimum atomic E-state index is -3.54. The van der Waals surface area contributed by atoms with Crippen molar-refractivity contribution in [2.75, 3.05) is 23.7 Å². The van der Waals surface area contributed by atoms with Gasteiger partial charge < -0.3 is 10.2 Å². The maximum atomic E-state index is 13.1. The van der Waals surface area contributed by atoms with Gasteiger partial charge in [-0.1, -0.05) is 39.7 Å². The molecule has 0 aliphatic heterocycles. The van der Waals surface area contributed by atoms with Gasteiger partial charge in [-0.25, -0.2) is 8.42 Å². The Bertz CT molecular complexity index is 1050. The number of carbonyl (C=O) groups excluding carboxylic acids is 2. The topological polar surface area (TPSA) is 86.8 Å². The standard InChI is InChI=1S/C23H29BrClN3O4S/c1-4-26-23(30)17(2)27(16-18-7-9-19(24)10-8-18)22(29)6-5-15-28(33(3,31)32)21-13-11-20(25)12-14-21/h7-14,17H,4-6,15-16H2,1-3H3,(H,26,30)/t17-/m0/s1. The van der Waals surface area contributed by atoms with Crippen molar-refractivity contribution in [2.45, 2.75) is 39.3 Å². The molecule has 0 aliphatic rings. The van der Waals surface area contributed by atoms with Crippen LogP contribution in [-0.2, 0) is 26.2 Å². The van der Waals surface area contributed by atoms with E-state index in [1.54, 1.807) is 31.2 Å². The lowest BCUT2D eigenvalue weighted by Crippen LogP contribution is -2.47. The molecule has 2 aromatic carbocycles. The molecule has 0 fully saturated rings. The fraction of sp³-hybridized carbons (Fsp3) is 0.391. The highest BCUT2D eigenvalue weighted by Gasteiger charge is 2.26. The zero-order chi connectivity index (χ0) is 24.6. The Balaban J connectivity index is 2.13. The minimum absolute atomic E-state index is 0.0971. The molecule has 0 spiro atoms. The number of rotatable bonds is 11. The molecule has 0 aromatic heterocycles. The molecule has 0 aliphatic carbocycles. The summed E-state index contributed by atoms with van der Waals surface area (Å²) in [6.07, 6.45) is 1.52. The summed E-state index contributed by atoms with van der Waals surface area (Å²) in [5.41, 5.74) is 1.37. The lowest BCUT2D eigenvalue weighted by atomic mass is 10.1. The Morgan fingerprint density at radius 2 is 1.70 bits per heavy atom. The van der Waals surface area contributed by atoms with E-state index in [2.05, 4.69) is 21.2 Å². The first-order valence-corrected chi connectivity index (χ1v) is 13.6. The zero-order valence-corrected chi connectivity index (χ0v) is 22.1. The summed E-state index contributed by atoms with van der Waals surface area (Å²) in [6.45, 7) is 4.39. The van der Waals surface area contributed by atoms with E-state index in [9.17, 15) is 18.0 Å². The van der Waals surface area contributed by atoms with Crippen LogP contribution >= 0.6 is 27.5 Å². The van der Waals surface area contributed by atoms with Gasteiger partial charge in [0, 0.05) is 35.6 Å². The summed E-state index contributed by atoms with van der Waals surface area (Å²) in [5.74, 6) is -0.455. The predicted octanol–water partition coefficient (Wildman–Crippen LogP) is 4.20. The highest BCUT2D eigenvalue weighted by atomic mass is 79.9. The highest BCUT2D eigenvalue weighted by molar-refractivity contribution is 9.10. The number of amides is 2. The maximum Gasteiger partial charge on any atom is 0.242 e. The first-order chi connectivity index (χ1) is 15.5. The molecule has 2 aromatic rings. The average Bonchev–Trinajstić information content (AvgIpc) is 2.76. The number of nitrogens with zero attached hydrogens (tertiary/aromatic N) is 2. The van der Waals surface area contributed by atoms with Crippen molar-refractivity contribution in [3.05, 3.63) is 63.6 Å². The highest BCUT2D eigenvalue weighted by Crippen LogP contribution is 2.21. The molecule has 180 valence electrons. The summed E-state index contributed by atoms with van der Waals surface area (Å²) >= 11 is 9.31. The summed E-state index contributed by atoms with van der Waals surface area (Å²) in [6, 6.07) is 13.4. The number of likely N-dealkylation sites (N-methyl/N-ethyl adjacent to an activating group) is 1. The smallest absolute Gasteiger partial charge is 0.242 e. The molecule has 0 unspecified atom stereocenters. The fourth-order valence-electron chi connectivity index (χ4n) is 3.30. The van der Waals surface area contributed by atoms with E-state index < -0.39 is 16.1 Å². The number of benzene rings is 2. The molecule has 33 heavy (non-hydrogen) atoms. The fourth-order valence-corrected chi connectivity index (χ4v) is 4.66. The largest absolute Gasteiger partial charge is 0.355 e. The van der Waals surface area contributed by atoms with Crippen molar-refractivity contribution in [3.8, 4) is 0 Å². The first kappa shape index (κ1) is 27.1. The van der Waals surface area contributed by atoms with Crippen molar-refractivity contribution >= 4 is 55.1 Å². The zero-order valence-electron chi connectivity index (χ0n) is 18.9. The van der Waals surface area contributed by atoms with E-state index in [0.29, 0.717) is 23.7 Å². The Morgan fingerprint density at radius 3 is 2.24 bits per heavy atom. The SMILES string of the molecule is CCNC(=O)[C@H](C)N(Cc1ccc(Br)cc1)C(=O)CCCN(c1ccc(Cl)cc1)S(C)(=O)=O. The van der Waals surface area contributed by atoms with Crippen LogP contribution in [0.5, 0.6) is 0 Å². The van der Waals surface area contributed by atoms with Gasteiger partial charge in [-0.15, -0.1) is 0 Å². The molecule has 0 bridgehead atoms. The van der Waals surface area contributed by atoms with Crippen molar-refractivity contribution in [2.24, 2.45) is 0 Å². The van der Waals surface area contributed by atoms with Crippen LogP contribution in [0.1, 0.15) is 32.3 Å². The molecule has 1 atom stereocenters. The second-order valence-electron chi connectivity index (χ2n) is 7.63. The normalized spacial score (nSPS) is 12.2. The average molecular weight is 559 g/mol. The van der Waals surface area contributed by atoms with Gasteiger partial charge in [0.05, 0.1) is 11.9 Å².